The van der Waals surface area contributed by atoms with Crippen LogP contribution >= 0.6 is 0 Å². The first-order chi connectivity index (χ1) is 13.4. The smallest absolute Gasteiger partial charge is 0.281 e. The number of benzene rings is 1. The van der Waals surface area contributed by atoms with Crippen LogP contribution in [-0.4, -0.2) is 48.2 Å². The van der Waals surface area contributed by atoms with Crippen molar-refractivity contribution in [2.24, 2.45) is 0 Å². The Hall–Kier alpha value is -2.03. The van der Waals surface area contributed by atoms with Crippen molar-refractivity contribution >= 4 is 21.6 Å². The van der Waals surface area contributed by atoms with Crippen molar-refractivity contribution in [1.29, 1.82) is 0 Å². The molecular weight excluding hydrogens is 379 g/mol. The number of anilines is 2. The van der Waals surface area contributed by atoms with Gasteiger partial charge in [0.25, 0.3) is 10.2 Å². The summed E-state index contributed by atoms with van der Waals surface area (Å²) in [6.07, 6.45) is 2.62. The summed E-state index contributed by atoms with van der Waals surface area (Å²) in [5, 5.41) is 3.22. The minimum atomic E-state index is -3.37. The van der Waals surface area contributed by atoms with Gasteiger partial charge in [0.2, 0.25) is 0 Å². The van der Waals surface area contributed by atoms with E-state index < -0.39 is 10.2 Å². The molecule has 0 saturated carbocycles. The lowest BCUT2D eigenvalue weighted by Gasteiger charge is -2.23. The Kier molecular flexibility index (Phi) is 5.35. The van der Waals surface area contributed by atoms with E-state index >= 15 is 0 Å². The van der Waals surface area contributed by atoms with Crippen molar-refractivity contribution in [1.82, 2.24) is 13.6 Å². The normalized spacial score (nSPS) is 21.3. The molecule has 0 bridgehead atoms. The largest absolute Gasteiger partial charge is 0.355 e. The van der Waals surface area contributed by atoms with E-state index in [1.807, 2.05) is 19.1 Å². The quantitative estimate of drug-likeness (QED) is 0.830. The van der Waals surface area contributed by atoms with Crippen molar-refractivity contribution in [3.8, 4) is 0 Å². The maximum Gasteiger partial charge on any atom is 0.281 e. The second kappa shape index (κ2) is 7.77. The van der Waals surface area contributed by atoms with Gasteiger partial charge >= 0.3 is 0 Å². The van der Waals surface area contributed by atoms with Gasteiger partial charge in [-0.05, 0) is 56.5 Å². The average Bonchev–Trinajstić information content (AvgIpc) is 3.34. The van der Waals surface area contributed by atoms with Crippen LogP contribution in [0, 0.1) is 12.7 Å². The van der Waals surface area contributed by atoms with Gasteiger partial charge in [-0.1, -0.05) is 6.07 Å². The van der Waals surface area contributed by atoms with Gasteiger partial charge in [-0.2, -0.15) is 17.0 Å². The zero-order valence-corrected chi connectivity index (χ0v) is 16.8. The van der Waals surface area contributed by atoms with E-state index in [2.05, 4.69) is 10.3 Å². The number of pyridine rings is 1. The van der Waals surface area contributed by atoms with Crippen LogP contribution in [0.1, 0.15) is 36.6 Å². The van der Waals surface area contributed by atoms with Crippen molar-refractivity contribution in [3.05, 3.63) is 53.6 Å². The third-order valence-corrected chi connectivity index (χ3v) is 7.38. The molecule has 4 rings (SSSR count). The van der Waals surface area contributed by atoms with Gasteiger partial charge in [0.1, 0.15) is 5.82 Å². The Morgan fingerprint density at radius 2 is 1.86 bits per heavy atom. The average molecular weight is 405 g/mol. The van der Waals surface area contributed by atoms with E-state index in [0.717, 1.165) is 36.3 Å². The van der Waals surface area contributed by atoms with Crippen molar-refractivity contribution in [2.45, 2.75) is 32.1 Å². The Bertz CT molecular complexity index is 960. The Morgan fingerprint density at radius 3 is 2.61 bits per heavy atom. The first-order valence-electron chi connectivity index (χ1n) is 9.68. The SMILES string of the molecule is Cc1cc(Nc2cccc(F)c2)cc([C@@H]2CCN(S(=O)(=O)N3CCCC3)C2)n1. The molecule has 2 saturated heterocycles. The van der Waals surface area contributed by atoms with Crippen LogP contribution in [0.3, 0.4) is 0 Å². The first-order valence-corrected chi connectivity index (χ1v) is 11.1. The molecule has 0 unspecified atom stereocenters. The summed E-state index contributed by atoms with van der Waals surface area (Å²) in [7, 11) is -3.37. The van der Waals surface area contributed by atoms with Gasteiger partial charge in [-0.3, -0.25) is 4.98 Å². The fourth-order valence-electron chi connectivity index (χ4n) is 3.97. The van der Waals surface area contributed by atoms with Crippen LogP contribution in [0.25, 0.3) is 0 Å². The Balaban J connectivity index is 1.51. The van der Waals surface area contributed by atoms with E-state index in [1.54, 1.807) is 20.7 Å². The van der Waals surface area contributed by atoms with Crippen LogP contribution in [0.5, 0.6) is 0 Å². The number of aryl methyl sites for hydroxylation is 1. The molecule has 1 N–H and O–H groups in total. The number of rotatable bonds is 5. The topological polar surface area (TPSA) is 65.5 Å². The molecule has 1 atom stereocenters. The van der Waals surface area contributed by atoms with Gasteiger partial charge in [0, 0.05) is 54.9 Å². The van der Waals surface area contributed by atoms with E-state index in [4.69, 9.17) is 0 Å². The summed E-state index contributed by atoms with van der Waals surface area (Å²) in [5.41, 5.74) is 3.21. The molecule has 150 valence electrons. The summed E-state index contributed by atoms with van der Waals surface area (Å²) in [6.45, 7) is 4.12. The van der Waals surface area contributed by atoms with E-state index in [9.17, 15) is 12.8 Å². The molecule has 2 aliphatic heterocycles. The molecule has 0 aliphatic carbocycles. The lowest BCUT2D eigenvalue weighted by atomic mass is 10.0. The molecular formula is C20H25FN4O2S. The lowest BCUT2D eigenvalue weighted by molar-refractivity contribution is 0.395. The highest BCUT2D eigenvalue weighted by molar-refractivity contribution is 7.86. The number of nitrogens with one attached hydrogen (secondary N) is 1. The second-order valence-electron chi connectivity index (χ2n) is 7.51. The zero-order valence-electron chi connectivity index (χ0n) is 15.9. The minimum absolute atomic E-state index is 0.0605. The molecule has 2 aliphatic rings. The Morgan fingerprint density at radius 1 is 1.07 bits per heavy atom. The number of hydrogen-bond acceptors (Lipinski definition) is 4. The van der Waals surface area contributed by atoms with Crippen LogP contribution in [-0.2, 0) is 10.2 Å². The molecule has 6 nitrogen and oxygen atoms in total. The van der Waals surface area contributed by atoms with E-state index in [-0.39, 0.29) is 11.7 Å². The van der Waals surface area contributed by atoms with Gasteiger partial charge in [-0.25, -0.2) is 4.39 Å². The van der Waals surface area contributed by atoms with Gasteiger partial charge < -0.3 is 5.32 Å². The number of aromatic nitrogens is 1. The number of nitrogens with zero attached hydrogens (tertiary/aromatic N) is 3. The summed E-state index contributed by atoms with van der Waals surface area (Å²) in [4.78, 5) is 4.64. The summed E-state index contributed by atoms with van der Waals surface area (Å²) >= 11 is 0. The fraction of sp³-hybridized carbons (Fsp3) is 0.450. The minimum Gasteiger partial charge on any atom is -0.355 e. The lowest BCUT2D eigenvalue weighted by Crippen LogP contribution is -2.41. The highest BCUT2D eigenvalue weighted by Crippen LogP contribution is 2.32. The van der Waals surface area contributed by atoms with E-state index in [1.165, 1.54) is 12.1 Å². The van der Waals surface area contributed by atoms with Gasteiger partial charge in [0.15, 0.2) is 0 Å². The molecule has 2 aromatic rings. The molecule has 0 amide bonds. The number of halogens is 1. The third kappa shape index (κ3) is 4.04. The van der Waals surface area contributed by atoms with Gasteiger partial charge in [-0.15, -0.1) is 0 Å². The Labute approximate surface area is 165 Å². The van der Waals surface area contributed by atoms with Crippen molar-refractivity contribution < 1.29 is 12.8 Å². The highest BCUT2D eigenvalue weighted by Gasteiger charge is 2.37. The van der Waals surface area contributed by atoms with Crippen LogP contribution in [0.2, 0.25) is 0 Å². The van der Waals surface area contributed by atoms with Crippen LogP contribution in [0.15, 0.2) is 36.4 Å². The van der Waals surface area contributed by atoms with Gasteiger partial charge in [0.05, 0.1) is 0 Å². The summed E-state index contributed by atoms with van der Waals surface area (Å²) < 4.78 is 42.2. The molecule has 1 aromatic heterocycles. The monoisotopic (exact) mass is 404 g/mol. The molecule has 2 fully saturated rings. The number of hydrogen-bond donors (Lipinski definition) is 1. The molecule has 1 aromatic carbocycles. The third-order valence-electron chi connectivity index (χ3n) is 5.37. The predicted octanol–water partition coefficient (Wildman–Crippen LogP) is 3.40. The van der Waals surface area contributed by atoms with Crippen LogP contribution in [0.4, 0.5) is 15.8 Å². The zero-order chi connectivity index (χ0) is 19.7. The summed E-state index contributed by atoms with van der Waals surface area (Å²) in [5.74, 6) is -0.236. The maximum atomic E-state index is 13.4. The summed E-state index contributed by atoms with van der Waals surface area (Å²) in [6, 6.07) is 10.2. The second-order valence-corrected chi connectivity index (χ2v) is 9.44. The molecule has 0 radical (unpaired) electrons. The van der Waals surface area contributed by atoms with Crippen molar-refractivity contribution in [3.63, 3.8) is 0 Å². The molecule has 8 heteroatoms. The molecule has 3 heterocycles. The van der Waals surface area contributed by atoms with Crippen LogP contribution < -0.4 is 5.32 Å². The maximum absolute atomic E-state index is 13.4. The first kappa shape index (κ1) is 19.3. The molecule has 0 spiro atoms. The molecule has 28 heavy (non-hydrogen) atoms. The van der Waals surface area contributed by atoms with E-state index in [0.29, 0.717) is 31.9 Å². The standard InChI is InChI=1S/C20H25FN4O2S/c1-15-11-19(23-18-6-4-5-17(21)12-18)13-20(22-15)16-7-10-25(14-16)28(26,27)24-8-2-3-9-24/h4-6,11-13,16H,2-3,7-10,14H2,1H3,(H,22,23)/t16-/m1/s1. The highest BCUT2D eigenvalue weighted by atomic mass is 32.2. The fourth-order valence-corrected chi connectivity index (χ4v) is 5.72. The van der Waals surface area contributed by atoms with Crippen molar-refractivity contribution in [2.75, 3.05) is 31.5 Å². The predicted molar refractivity (Wildman–Crippen MR) is 107 cm³/mol.